The van der Waals surface area contributed by atoms with Crippen LogP contribution in [-0.4, -0.2) is 5.91 Å². The summed E-state index contributed by atoms with van der Waals surface area (Å²) in [4.78, 5) is 11.7. The van der Waals surface area contributed by atoms with Gasteiger partial charge in [0.05, 0.1) is 0 Å². The van der Waals surface area contributed by atoms with Crippen LogP contribution in [0, 0.1) is 12.7 Å². The molecule has 0 radical (unpaired) electrons. The molecule has 1 unspecified atom stereocenters. The summed E-state index contributed by atoms with van der Waals surface area (Å²) >= 11 is 3.31. The molecule has 0 bridgehead atoms. The summed E-state index contributed by atoms with van der Waals surface area (Å²) in [6, 6.07) is 10.9. The number of carbonyl (C=O) groups is 1. The van der Waals surface area contributed by atoms with Crippen molar-refractivity contribution < 1.29 is 9.18 Å². The molecule has 0 saturated heterocycles. The van der Waals surface area contributed by atoms with Crippen molar-refractivity contribution in [1.29, 1.82) is 0 Å². The highest BCUT2D eigenvalue weighted by Crippen LogP contribution is 2.27. The Kier molecular flexibility index (Phi) is 4.39. The van der Waals surface area contributed by atoms with Crippen molar-refractivity contribution in [3.8, 4) is 0 Å². The van der Waals surface area contributed by atoms with E-state index >= 15 is 0 Å². The Bertz CT molecular complexity index is 646. The van der Waals surface area contributed by atoms with Crippen molar-refractivity contribution in [3.05, 3.63) is 63.9 Å². The molecular weight excluding hydrogens is 323 g/mol. The summed E-state index contributed by atoms with van der Waals surface area (Å²) in [5.41, 5.74) is 7.71. The molecule has 5 heteroatoms. The highest BCUT2D eigenvalue weighted by molar-refractivity contribution is 9.10. The van der Waals surface area contributed by atoms with Crippen LogP contribution in [0.4, 0.5) is 10.1 Å². The molecule has 20 heavy (non-hydrogen) atoms. The first-order valence-corrected chi connectivity index (χ1v) is 6.84. The summed E-state index contributed by atoms with van der Waals surface area (Å²) in [5.74, 6) is -0.988. The van der Waals surface area contributed by atoms with Crippen LogP contribution in [0.3, 0.4) is 0 Å². The number of benzene rings is 2. The van der Waals surface area contributed by atoms with Gasteiger partial charge >= 0.3 is 0 Å². The van der Waals surface area contributed by atoms with Crippen LogP contribution in [-0.2, 0) is 4.79 Å². The maximum atomic E-state index is 13.4. The summed E-state index contributed by atoms with van der Waals surface area (Å²) in [6.07, 6.45) is 0. The molecule has 104 valence electrons. The van der Waals surface area contributed by atoms with E-state index in [9.17, 15) is 9.18 Å². The Morgan fingerprint density at radius 3 is 2.70 bits per heavy atom. The molecule has 3 nitrogen and oxygen atoms in total. The third-order valence-electron chi connectivity index (χ3n) is 2.88. The number of rotatable bonds is 4. The van der Waals surface area contributed by atoms with Gasteiger partial charge in [-0.25, -0.2) is 4.39 Å². The second-order valence-electron chi connectivity index (χ2n) is 4.52. The SMILES string of the molecule is Cc1cccc(NC(C(N)=O)c2cc(F)ccc2Br)c1. The van der Waals surface area contributed by atoms with Gasteiger partial charge in [-0.05, 0) is 42.8 Å². The van der Waals surface area contributed by atoms with E-state index < -0.39 is 17.8 Å². The number of nitrogens with two attached hydrogens (primary N) is 1. The topological polar surface area (TPSA) is 55.1 Å². The number of anilines is 1. The molecule has 1 amide bonds. The van der Waals surface area contributed by atoms with Crippen LogP contribution in [0.25, 0.3) is 0 Å². The first kappa shape index (κ1) is 14.5. The standard InChI is InChI=1S/C15H14BrFN2O/c1-9-3-2-4-11(7-9)19-14(15(18)20)12-8-10(17)5-6-13(12)16/h2-8,14,19H,1H3,(H2,18,20). The van der Waals surface area contributed by atoms with Crippen molar-refractivity contribution in [3.63, 3.8) is 0 Å². The summed E-state index contributed by atoms with van der Waals surface area (Å²) in [6.45, 7) is 1.95. The minimum atomic E-state index is -0.804. The van der Waals surface area contributed by atoms with E-state index in [1.807, 2.05) is 31.2 Å². The van der Waals surface area contributed by atoms with E-state index in [-0.39, 0.29) is 0 Å². The maximum absolute atomic E-state index is 13.4. The zero-order valence-corrected chi connectivity index (χ0v) is 12.4. The first-order valence-electron chi connectivity index (χ1n) is 6.05. The number of nitrogens with one attached hydrogen (secondary N) is 1. The number of amides is 1. The van der Waals surface area contributed by atoms with Gasteiger partial charge in [0, 0.05) is 15.7 Å². The van der Waals surface area contributed by atoms with Crippen LogP contribution in [0.1, 0.15) is 17.2 Å². The monoisotopic (exact) mass is 336 g/mol. The maximum Gasteiger partial charge on any atom is 0.244 e. The Morgan fingerprint density at radius 2 is 2.05 bits per heavy atom. The third kappa shape index (κ3) is 3.36. The zero-order valence-electron chi connectivity index (χ0n) is 10.9. The lowest BCUT2D eigenvalue weighted by Crippen LogP contribution is -2.28. The number of carbonyl (C=O) groups excluding carboxylic acids is 1. The van der Waals surface area contributed by atoms with E-state index in [2.05, 4.69) is 21.2 Å². The van der Waals surface area contributed by atoms with Gasteiger partial charge in [-0.1, -0.05) is 28.1 Å². The van der Waals surface area contributed by atoms with Gasteiger partial charge in [0.2, 0.25) is 5.91 Å². The molecule has 2 aromatic carbocycles. The van der Waals surface area contributed by atoms with E-state index in [1.165, 1.54) is 12.1 Å². The second kappa shape index (κ2) is 6.05. The lowest BCUT2D eigenvalue weighted by atomic mass is 10.1. The fraction of sp³-hybridized carbons (Fsp3) is 0.133. The van der Waals surface area contributed by atoms with E-state index in [1.54, 1.807) is 6.07 Å². The van der Waals surface area contributed by atoms with Gasteiger partial charge in [0.15, 0.2) is 0 Å². The lowest BCUT2D eigenvalue weighted by Gasteiger charge is -2.19. The largest absolute Gasteiger partial charge is 0.370 e. The number of hydrogen-bond donors (Lipinski definition) is 2. The average molecular weight is 337 g/mol. The molecule has 0 aliphatic heterocycles. The van der Waals surface area contributed by atoms with E-state index in [0.29, 0.717) is 10.0 Å². The molecular formula is C15H14BrFN2O. The van der Waals surface area contributed by atoms with Gasteiger partial charge in [-0.2, -0.15) is 0 Å². The normalized spacial score (nSPS) is 11.9. The summed E-state index contributed by atoms with van der Waals surface area (Å²) in [7, 11) is 0. The van der Waals surface area contributed by atoms with Crippen LogP contribution >= 0.6 is 15.9 Å². The molecule has 0 heterocycles. The predicted octanol–water partition coefficient (Wildman–Crippen LogP) is 3.54. The molecule has 0 aliphatic rings. The lowest BCUT2D eigenvalue weighted by molar-refractivity contribution is -0.118. The Labute approximate surface area is 125 Å². The molecule has 0 aromatic heterocycles. The van der Waals surface area contributed by atoms with Crippen LogP contribution < -0.4 is 11.1 Å². The van der Waals surface area contributed by atoms with Gasteiger partial charge in [-0.3, -0.25) is 4.79 Å². The number of halogens is 2. The van der Waals surface area contributed by atoms with Crippen LogP contribution in [0.2, 0.25) is 0 Å². The van der Waals surface area contributed by atoms with Gasteiger partial charge < -0.3 is 11.1 Å². The quantitative estimate of drug-likeness (QED) is 0.897. The number of aryl methyl sites for hydroxylation is 1. The van der Waals surface area contributed by atoms with Gasteiger partial charge in [0.25, 0.3) is 0 Å². The van der Waals surface area contributed by atoms with Crippen molar-refractivity contribution in [1.82, 2.24) is 0 Å². The van der Waals surface area contributed by atoms with Crippen LogP contribution in [0.15, 0.2) is 46.9 Å². The molecule has 0 aliphatic carbocycles. The fourth-order valence-corrected chi connectivity index (χ4v) is 2.42. The Balaban J connectivity index is 2.37. The fourth-order valence-electron chi connectivity index (χ4n) is 1.94. The zero-order chi connectivity index (χ0) is 14.7. The smallest absolute Gasteiger partial charge is 0.244 e. The Hall–Kier alpha value is -1.88. The number of hydrogen-bond acceptors (Lipinski definition) is 2. The molecule has 0 saturated carbocycles. The summed E-state index contributed by atoms with van der Waals surface area (Å²) < 4.78 is 14.0. The van der Waals surface area contributed by atoms with E-state index in [0.717, 1.165) is 11.3 Å². The van der Waals surface area contributed by atoms with Crippen LogP contribution in [0.5, 0.6) is 0 Å². The molecule has 2 rings (SSSR count). The van der Waals surface area contributed by atoms with E-state index in [4.69, 9.17) is 5.73 Å². The highest BCUT2D eigenvalue weighted by atomic mass is 79.9. The molecule has 1 atom stereocenters. The van der Waals surface area contributed by atoms with Crippen molar-refractivity contribution in [2.45, 2.75) is 13.0 Å². The molecule has 3 N–H and O–H groups in total. The minimum absolute atomic E-state index is 0.416. The molecule has 2 aromatic rings. The highest BCUT2D eigenvalue weighted by Gasteiger charge is 2.20. The minimum Gasteiger partial charge on any atom is -0.370 e. The van der Waals surface area contributed by atoms with Crippen molar-refractivity contribution >= 4 is 27.5 Å². The molecule has 0 spiro atoms. The number of primary amides is 1. The average Bonchev–Trinajstić information content (AvgIpc) is 2.39. The third-order valence-corrected chi connectivity index (χ3v) is 3.60. The Morgan fingerprint density at radius 1 is 1.30 bits per heavy atom. The molecule has 0 fully saturated rings. The summed E-state index contributed by atoms with van der Waals surface area (Å²) in [5, 5.41) is 3.03. The van der Waals surface area contributed by atoms with Crippen molar-refractivity contribution in [2.75, 3.05) is 5.32 Å². The second-order valence-corrected chi connectivity index (χ2v) is 5.37. The van der Waals surface area contributed by atoms with Crippen molar-refractivity contribution in [2.24, 2.45) is 5.73 Å². The predicted molar refractivity (Wildman–Crippen MR) is 80.8 cm³/mol. The van der Waals surface area contributed by atoms with Gasteiger partial charge in [-0.15, -0.1) is 0 Å². The first-order chi connectivity index (χ1) is 9.47. The van der Waals surface area contributed by atoms with Gasteiger partial charge in [0.1, 0.15) is 11.9 Å².